The van der Waals surface area contributed by atoms with Gasteiger partial charge in [-0.3, -0.25) is 9.47 Å². The van der Waals surface area contributed by atoms with Crippen LogP contribution >= 0.6 is 0 Å². The number of hydrogen-bond donors (Lipinski definition) is 2. The number of fused-ring (bicyclic) bond motifs is 1. The molecule has 3 N–H and O–H groups in total. The first-order valence-electron chi connectivity index (χ1n) is 10.9. The molecule has 0 spiro atoms. The number of carbonyl (C=O) groups is 1. The van der Waals surface area contributed by atoms with Crippen LogP contribution in [0.15, 0.2) is 35.3 Å². The van der Waals surface area contributed by atoms with Gasteiger partial charge in [-0.05, 0) is 75.8 Å². The summed E-state index contributed by atoms with van der Waals surface area (Å²) in [6.45, 7) is 7.41. The third kappa shape index (κ3) is 5.07. The van der Waals surface area contributed by atoms with Gasteiger partial charge in [0.2, 0.25) is 0 Å². The van der Waals surface area contributed by atoms with Crippen molar-refractivity contribution in [2.45, 2.75) is 77.2 Å². The zero-order valence-corrected chi connectivity index (χ0v) is 18.4. The van der Waals surface area contributed by atoms with Gasteiger partial charge in [0, 0.05) is 31.4 Å². The van der Waals surface area contributed by atoms with Gasteiger partial charge >= 0.3 is 11.8 Å². The molecule has 1 amide bonds. The van der Waals surface area contributed by atoms with Gasteiger partial charge < -0.3 is 15.8 Å². The van der Waals surface area contributed by atoms with E-state index in [1.54, 1.807) is 12.3 Å². The fourth-order valence-corrected chi connectivity index (χ4v) is 4.49. The topological polar surface area (TPSA) is 102 Å². The number of nitrogen functional groups attached to an aromatic ring is 1. The highest BCUT2D eigenvalue weighted by Gasteiger charge is 2.31. The molecule has 0 bridgehead atoms. The first-order valence-corrected chi connectivity index (χ1v) is 10.9. The van der Waals surface area contributed by atoms with Crippen molar-refractivity contribution < 1.29 is 9.53 Å². The van der Waals surface area contributed by atoms with Gasteiger partial charge in [-0.25, -0.2) is 9.59 Å². The van der Waals surface area contributed by atoms with E-state index in [9.17, 15) is 9.59 Å². The molecule has 4 rings (SSSR count). The Hall–Kier alpha value is -2.87. The summed E-state index contributed by atoms with van der Waals surface area (Å²) in [4.78, 5) is 30.5. The maximum absolute atomic E-state index is 12.2. The Morgan fingerprint density at radius 2 is 1.84 bits per heavy atom. The van der Waals surface area contributed by atoms with Crippen molar-refractivity contribution in [2.75, 3.05) is 5.73 Å². The number of anilines is 1. The van der Waals surface area contributed by atoms with Crippen LogP contribution in [0.4, 0.5) is 10.6 Å². The summed E-state index contributed by atoms with van der Waals surface area (Å²) in [7, 11) is 0. The van der Waals surface area contributed by atoms with Gasteiger partial charge in [0.05, 0.1) is 5.69 Å². The van der Waals surface area contributed by atoms with E-state index in [2.05, 4.69) is 27.3 Å². The van der Waals surface area contributed by atoms with Crippen LogP contribution in [0, 0.1) is 0 Å². The van der Waals surface area contributed by atoms with E-state index < -0.39 is 5.60 Å². The highest BCUT2D eigenvalue weighted by molar-refractivity contribution is 5.68. The number of alkyl carbamates (subject to hydrolysis) is 1. The lowest BCUT2D eigenvalue weighted by atomic mass is 9.90. The van der Waals surface area contributed by atoms with Gasteiger partial charge in [0.25, 0.3) is 0 Å². The quantitative estimate of drug-likeness (QED) is 0.784. The van der Waals surface area contributed by atoms with Crippen LogP contribution in [0.5, 0.6) is 0 Å². The van der Waals surface area contributed by atoms with E-state index >= 15 is 0 Å². The molecule has 8 nitrogen and oxygen atoms in total. The van der Waals surface area contributed by atoms with Gasteiger partial charge in [0.1, 0.15) is 11.4 Å². The molecule has 0 atom stereocenters. The van der Waals surface area contributed by atoms with Crippen molar-refractivity contribution in [1.82, 2.24) is 19.8 Å². The van der Waals surface area contributed by atoms with E-state index in [1.807, 2.05) is 26.8 Å². The fraction of sp³-hybridized carbons (Fsp3) is 0.522. The summed E-state index contributed by atoms with van der Waals surface area (Å²) in [5.41, 5.74) is 8.11. The number of nitrogens with two attached hydrogens (primary N) is 1. The van der Waals surface area contributed by atoms with E-state index in [0.717, 1.165) is 44.5 Å². The Morgan fingerprint density at radius 3 is 2.52 bits per heavy atom. The molecule has 1 aromatic carbocycles. The third-order valence-electron chi connectivity index (χ3n) is 5.97. The summed E-state index contributed by atoms with van der Waals surface area (Å²) >= 11 is 0. The lowest BCUT2D eigenvalue weighted by Gasteiger charge is -2.35. The average molecular weight is 426 g/mol. The van der Waals surface area contributed by atoms with E-state index in [0.29, 0.717) is 6.04 Å². The molecule has 0 unspecified atom stereocenters. The molecule has 1 aromatic heterocycles. The fourth-order valence-electron chi connectivity index (χ4n) is 4.49. The molecule has 2 aliphatic rings. The largest absolute Gasteiger partial charge is 0.444 e. The number of nitrogens with zero attached hydrogens (tertiary/aromatic N) is 3. The summed E-state index contributed by atoms with van der Waals surface area (Å²) in [6.07, 6.45) is 5.33. The number of carbonyl (C=O) groups excluding carboxylic acids is 1. The van der Waals surface area contributed by atoms with Crippen LogP contribution < -0.4 is 16.7 Å². The van der Waals surface area contributed by atoms with Crippen LogP contribution in [0.1, 0.15) is 57.6 Å². The van der Waals surface area contributed by atoms with Crippen molar-refractivity contribution in [2.24, 2.45) is 0 Å². The molecule has 31 heavy (non-hydrogen) atoms. The van der Waals surface area contributed by atoms with Crippen LogP contribution in [-0.4, -0.2) is 38.2 Å². The van der Waals surface area contributed by atoms with E-state index in [4.69, 9.17) is 10.5 Å². The first kappa shape index (κ1) is 21.4. The molecule has 0 radical (unpaired) electrons. The molecule has 8 heteroatoms. The van der Waals surface area contributed by atoms with Crippen molar-refractivity contribution in [1.29, 1.82) is 0 Å². The number of hydrogen-bond acceptors (Lipinski definition) is 6. The minimum absolute atomic E-state index is 0.174. The summed E-state index contributed by atoms with van der Waals surface area (Å²) in [6, 6.07) is 8.43. The summed E-state index contributed by atoms with van der Waals surface area (Å²) in [5.74, 6) is 0.227. The smallest absolute Gasteiger partial charge is 0.407 e. The minimum atomic E-state index is -0.477. The van der Waals surface area contributed by atoms with Gasteiger partial charge in [-0.15, -0.1) is 0 Å². The van der Waals surface area contributed by atoms with Crippen LogP contribution in [0.2, 0.25) is 0 Å². The lowest BCUT2D eigenvalue weighted by molar-refractivity contribution is 0.0476. The average Bonchev–Trinajstić information content (AvgIpc) is 3.10. The molecule has 2 heterocycles. The predicted molar refractivity (Wildman–Crippen MR) is 119 cm³/mol. The molecule has 1 aliphatic carbocycles. The number of aromatic nitrogens is 2. The second kappa shape index (κ2) is 8.34. The molecule has 1 fully saturated rings. The molecule has 2 aromatic rings. The van der Waals surface area contributed by atoms with Crippen LogP contribution in [0.25, 0.3) is 5.69 Å². The van der Waals surface area contributed by atoms with Crippen molar-refractivity contribution in [3.8, 4) is 5.69 Å². The highest BCUT2D eigenvalue weighted by Crippen LogP contribution is 2.32. The number of amides is 1. The number of rotatable bonds is 3. The molecular formula is C23H31N5O3. The van der Waals surface area contributed by atoms with Crippen LogP contribution in [-0.2, 0) is 17.8 Å². The first-order chi connectivity index (χ1) is 14.7. The molecule has 0 saturated heterocycles. The number of nitrogens with one attached hydrogen (secondary N) is 1. The lowest BCUT2D eigenvalue weighted by Crippen LogP contribution is -2.44. The maximum atomic E-state index is 12.2. The molecule has 1 saturated carbocycles. The van der Waals surface area contributed by atoms with Crippen molar-refractivity contribution in [3.05, 3.63) is 52.1 Å². The zero-order valence-electron chi connectivity index (χ0n) is 18.4. The summed E-state index contributed by atoms with van der Waals surface area (Å²) < 4.78 is 6.90. The monoisotopic (exact) mass is 425 g/mol. The molecule has 166 valence electrons. The Kier molecular flexibility index (Phi) is 5.75. The molecule has 1 aliphatic heterocycles. The Morgan fingerprint density at radius 1 is 1.13 bits per heavy atom. The summed E-state index contributed by atoms with van der Waals surface area (Å²) in [5, 5.41) is 3.01. The van der Waals surface area contributed by atoms with Gasteiger partial charge in [0.15, 0.2) is 0 Å². The second-order valence-electron chi connectivity index (χ2n) is 9.51. The minimum Gasteiger partial charge on any atom is -0.444 e. The van der Waals surface area contributed by atoms with Gasteiger partial charge in [-0.1, -0.05) is 6.07 Å². The SMILES string of the molecule is CC(C)(C)OC(=O)NC1CCC(N2Cc3ccc(-n4ccc(N)nc4=O)cc3C2)CC1. The van der Waals surface area contributed by atoms with Gasteiger partial charge in [-0.2, -0.15) is 4.98 Å². The van der Waals surface area contributed by atoms with Crippen LogP contribution in [0.3, 0.4) is 0 Å². The molecular weight excluding hydrogens is 394 g/mol. The maximum Gasteiger partial charge on any atom is 0.407 e. The van der Waals surface area contributed by atoms with E-state index in [-0.39, 0.29) is 23.6 Å². The normalized spacial score (nSPS) is 21.5. The Balaban J connectivity index is 1.35. The Bertz CT molecular complexity index is 1020. The third-order valence-corrected chi connectivity index (χ3v) is 5.97. The predicted octanol–water partition coefficient (Wildman–Crippen LogP) is 2.97. The van der Waals surface area contributed by atoms with E-state index in [1.165, 1.54) is 15.7 Å². The Labute approximate surface area is 182 Å². The highest BCUT2D eigenvalue weighted by atomic mass is 16.6. The number of ether oxygens (including phenoxy) is 1. The van der Waals surface area contributed by atoms with Crippen molar-refractivity contribution >= 4 is 11.9 Å². The van der Waals surface area contributed by atoms with Crippen molar-refractivity contribution in [3.63, 3.8) is 0 Å². The second-order valence-corrected chi connectivity index (χ2v) is 9.51. The zero-order chi connectivity index (χ0) is 22.2. The standard InChI is InChI=1S/C23H31N5O3/c1-23(2,3)31-22(30)25-17-5-8-18(9-6-17)27-13-15-4-7-19(12-16(15)14-27)28-11-10-20(24)26-21(28)29/h4,7,10-12,17-18H,5-6,8-9,13-14H2,1-3H3,(H,25,30)(H2,24,26,29). The number of benzene rings is 1.